The molecule has 0 unspecified atom stereocenters. The predicted octanol–water partition coefficient (Wildman–Crippen LogP) is 4.56. The highest BCUT2D eigenvalue weighted by Crippen LogP contribution is 2.43. The van der Waals surface area contributed by atoms with Crippen molar-refractivity contribution in [2.45, 2.75) is 38.7 Å². The van der Waals surface area contributed by atoms with Gasteiger partial charge in [-0.25, -0.2) is 0 Å². The van der Waals surface area contributed by atoms with E-state index < -0.39 is 11.6 Å². The van der Waals surface area contributed by atoms with Gasteiger partial charge in [-0.1, -0.05) is 24.3 Å². The third-order valence-corrected chi connectivity index (χ3v) is 8.39. The quantitative estimate of drug-likeness (QED) is 0.285. The minimum Gasteiger partial charge on any atom is -0.545 e. The van der Waals surface area contributed by atoms with Gasteiger partial charge in [-0.3, -0.25) is 14.3 Å². The molecule has 0 bridgehead atoms. The van der Waals surface area contributed by atoms with Crippen LogP contribution in [0.4, 0.5) is 0 Å². The Morgan fingerprint density at radius 1 is 0.933 bits per heavy atom. The van der Waals surface area contributed by atoms with Gasteiger partial charge < -0.3 is 29.0 Å². The van der Waals surface area contributed by atoms with Crippen molar-refractivity contribution in [1.82, 2.24) is 14.7 Å². The van der Waals surface area contributed by atoms with E-state index >= 15 is 0 Å². The Labute approximate surface area is 261 Å². The van der Waals surface area contributed by atoms with Crippen LogP contribution < -0.4 is 19.3 Å². The average Bonchev–Trinajstić information content (AvgIpc) is 3.47. The molecule has 0 N–H and O–H groups in total. The Bertz CT molecular complexity index is 1760. The molecule has 45 heavy (non-hydrogen) atoms. The Balaban J connectivity index is 1.22. The van der Waals surface area contributed by atoms with Crippen molar-refractivity contribution >= 4 is 17.7 Å². The smallest absolute Gasteiger partial charge is 0.254 e. The molecule has 1 saturated heterocycles. The van der Waals surface area contributed by atoms with Crippen LogP contribution >= 0.6 is 0 Å². The predicted molar refractivity (Wildman–Crippen MR) is 165 cm³/mol. The van der Waals surface area contributed by atoms with Gasteiger partial charge >= 0.3 is 0 Å². The first-order valence-electron chi connectivity index (χ1n) is 15.1. The van der Waals surface area contributed by atoms with Crippen molar-refractivity contribution in [3.05, 3.63) is 83.7 Å². The zero-order chi connectivity index (χ0) is 31.7. The number of hydrogen-bond acceptors (Lipinski definition) is 8. The highest BCUT2D eigenvalue weighted by molar-refractivity contribution is 6.02. The number of ether oxygens (including phenoxy) is 3. The summed E-state index contributed by atoms with van der Waals surface area (Å²) in [5.74, 6) is -0.0458. The molecule has 1 spiro atoms. The van der Waals surface area contributed by atoms with E-state index in [0.717, 1.165) is 11.1 Å². The molecular formula is C35H34N3O7-. The SMILES string of the molecule is CCOc1cc(C(=O)N2CCC3(CC2)CC(=O)c2cc(-c4cnn(C)c4)ccc2O3)cc(OCC)c1-c1cccc(C(=O)[O-])c1. The van der Waals surface area contributed by atoms with E-state index in [4.69, 9.17) is 14.2 Å². The molecule has 3 heterocycles. The molecule has 0 aliphatic carbocycles. The van der Waals surface area contributed by atoms with Crippen LogP contribution in [0.1, 0.15) is 64.2 Å². The summed E-state index contributed by atoms with van der Waals surface area (Å²) in [6.07, 6.45) is 4.95. The van der Waals surface area contributed by atoms with Gasteiger partial charge in [-0.05, 0) is 60.9 Å². The zero-order valence-corrected chi connectivity index (χ0v) is 25.5. The van der Waals surface area contributed by atoms with Crippen LogP contribution in [-0.4, -0.2) is 64.2 Å². The number of rotatable bonds is 8. The monoisotopic (exact) mass is 608 g/mol. The van der Waals surface area contributed by atoms with E-state index in [2.05, 4.69) is 5.10 Å². The number of benzene rings is 3. The number of carboxylic acids is 1. The van der Waals surface area contributed by atoms with Crippen molar-refractivity contribution in [1.29, 1.82) is 0 Å². The normalized spacial score (nSPS) is 15.4. The summed E-state index contributed by atoms with van der Waals surface area (Å²) in [4.78, 5) is 40.5. The second-order valence-corrected chi connectivity index (χ2v) is 11.4. The molecule has 232 valence electrons. The Morgan fingerprint density at radius 2 is 1.64 bits per heavy atom. The largest absolute Gasteiger partial charge is 0.545 e. The fourth-order valence-electron chi connectivity index (χ4n) is 6.16. The second-order valence-electron chi connectivity index (χ2n) is 11.4. The number of hydrogen-bond donors (Lipinski definition) is 0. The minimum absolute atomic E-state index is 0.0276. The van der Waals surface area contributed by atoms with E-state index in [1.165, 1.54) is 12.1 Å². The van der Waals surface area contributed by atoms with Crippen molar-refractivity contribution < 1.29 is 33.7 Å². The van der Waals surface area contributed by atoms with Crippen molar-refractivity contribution in [3.63, 3.8) is 0 Å². The van der Waals surface area contributed by atoms with Crippen LogP contribution in [0.2, 0.25) is 0 Å². The average molecular weight is 609 g/mol. The van der Waals surface area contributed by atoms with Crippen LogP contribution in [0.5, 0.6) is 17.2 Å². The molecule has 1 fully saturated rings. The summed E-state index contributed by atoms with van der Waals surface area (Å²) >= 11 is 0. The number of aromatic carboxylic acids is 1. The summed E-state index contributed by atoms with van der Waals surface area (Å²) in [7, 11) is 1.85. The standard InChI is InChI=1S/C35H35N3O7/c1-4-43-30-17-25(18-31(44-5-2)32(30)23-7-6-8-24(15-23)34(41)42)33(40)38-13-11-35(12-14-38)19-28(39)27-16-22(9-10-29(27)45-35)26-20-36-37(3)21-26/h6-10,15-18,20-21H,4-5,11-14,19H2,1-3H3,(H,41,42)/p-1. The Kier molecular flexibility index (Phi) is 8.05. The van der Waals surface area contributed by atoms with Gasteiger partial charge in [0.2, 0.25) is 0 Å². The van der Waals surface area contributed by atoms with E-state index in [9.17, 15) is 19.5 Å². The van der Waals surface area contributed by atoms with Gasteiger partial charge in [0, 0.05) is 50.3 Å². The second kappa shape index (κ2) is 12.1. The first-order valence-corrected chi connectivity index (χ1v) is 15.1. The van der Waals surface area contributed by atoms with Crippen LogP contribution in [0.15, 0.2) is 67.0 Å². The van der Waals surface area contributed by atoms with Gasteiger partial charge in [0.1, 0.15) is 22.8 Å². The summed E-state index contributed by atoms with van der Waals surface area (Å²) < 4.78 is 20.1. The van der Waals surface area contributed by atoms with Gasteiger partial charge in [-0.15, -0.1) is 0 Å². The number of piperidine rings is 1. The maximum Gasteiger partial charge on any atom is 0.254 e. The number of aromatic nitrogens is 2. The van der Waals surface area contributed by atoms with Crippen molar-refractivity contribution in [2.75, 3.05) is 26.3 Å². The molecule has 2 aliphatic rings. The number of ketones is 1. The van der Waals surface area contributed by atoms with Crippen LogP contribution in [0.25, 0.3) is 22.3 Å². The lowest BCUT2D eigenvalue weighted by Gasteiger charge is -2.44. The number of carboxylic acid groups (broad SMARTS) is 1. The highest BCUT2D eigenvalue weighted by atomic mass is 16.5. The molecule has 10 nitrogen and oxygen atoms in total. The molecule has 3 aromatic carbocycles. The molecule has 2 aliphatic heterocycles. The lowest BCUT2D eigenvalue weighted by atomic mass is 9.82. The molecular weight excluding hydrogens is 574 g/mol. The summed E-state index contributed by atoms with van der Waals surface area (Å²) in [6.45, 7) is 5.17. The van der Waals surface area contributed by atoms with Gasteiger partial charge in [0.15, 0.2) is 5.78 Å². The maximum atomic E-state index is 13.8. The number of amides is 1. The highest BCUT2D eigenvalue weighted by Gasteiger charge is 2.44. The molecule has 10 heteroatoms. The summed E-state index contributed by atoms with van der Waals surface area (Å²) in [6, 6.07) is 15.4. The molecule has 0 atom stereocenters. The van der Waals surface area contributed by atoms with Gasteiger partial charge in [-0.2, -0.15) is 5.10 Å². The van der Waals surface area contributed by atoms with Crippen molar-refractivity contribution in [3.8, 4) is 39.5 Å². The molecule has 1 amide bonds. The lowest BCUT2D eigenvalue weighted by molar-refractivity contribution is -0.255. The molecule has 1 aromatic heterocycles. The molecule has 4 aromatic rings. The number of Topliss-reactive ketones (excluding diaryl/α,β-unsaturated/α-hetero) is 1. The van der Waals surface area contributed by atoms with Gasteiger partial charge in [0.25, 0.3) is 5.91 Å². The number of nitrogens with zero attached hydrogens (tertiary/aromatic N) is 3. The first kappa shape index (κ1) is 29.9. The van der Waals surface area contributed by atoms with E-state index in [0.29, 0.717) is 78.6 Å². The molecule has 0 saturated carbocycles. The van der Waals surface area contributed by atoms with E-state index in [1.54, 1.807) is 40.0 Å². The first-order chi connectivity index (χ1) is 21.7. The fraction of sp³-hybridized carbons (Fsp3) is 0.314. The minimum atomic E-state index is -1.29. The van der Waals surface area contributed by atoms with Crippen LogP contribution in [-0.2, 0) is 7.05 Å². The van der Waals surface area contributed by atoms with Gasteiger partial charge in [0.05, 0.1) is 42.9 Å². The summed E-state index contributed by atoms with van der Waals surface area (Å²) in [5.41, 5.74) is 3.30. The number of likely N-dealkylation sites (tertiary alicyclic amines) is 1. The Morgan fingerprint density at radius 3 is 2.27 bits per heavy atom. The third-order valence-electron chi connectivity index (χ3n) is 8.39. The lowest BCUT2D eigenvalue weighted by Crippen LogP contribution is -2.52. The van der Waals surface area contributed by atoms with Crippen LogP contribution in [0.3, 0.4) is 0 Å². The van der Waals surface area contributed by atoms with E-state index in [-0.39, 0.29) is 23.7 Å². The van der Waals surface area contributed by atoms with Crippen molar-refractivity contribution in [2.24, 2.45) is 7.05 Å². The summed E-state index contributed by atoms with van der Waals surface area (Å²) in [5, 5.41) is 15.8. The van der Waals surface area contributed by atoms with Crippen LogP contribution in [0, 0.1) is 0 Å². The third kappa shape index (κ3) is 5.87. The number of aryl methyl sites for hydroxylation is 1. The molecule has 0 radical (unpaired) electrons. The number of carbonyl (C=O) groups excluding carboxylic acids is 3. The Hall–Kier alpha value is -5.12. The topological polar surface area (TPSA) is 123 Å². The maximum absolute atomic E-state index is 13.8. The van der Waals surface area contributed by atoms with E-state index in [1.807, 2.05) is 45.3 Å². The molecule has 6 rings (SSSR count). The number of fused-ring (bicyclic) bond motifs is 1. The zero-order valence-electron chi connectivity index (χ0n) is 25.5. The number of carbonyl (C=O) groups is 3. The fourth-order valence-corrected chi connectivity index (χ4v) is 6.16.